The van der Waals surface area contributed by atoms with E-state index in [9.17, 15) is 4.79 Å². The minimum atomic E-state index is -1.50. The van der Waals surface area contributed by atoms with Gasteiger partial charge in [-0.3, -0.25) is 4.89 Å². The van der Waals surface area contributed by atoms with Crippen molar-refractivity contribution in [2.75, 3.05) is 0 Å². The first kappa shape index (κ1) is 15.8. The summed E-state index contributed by atoms with van der Waals surface area (Å²) in [6, 6.07) is 28.2. The lowest BCUT2D eigenvalue weighted by Gasteiger charge is -2.32. The molecule has 0 aliphatic rings. The summed E-state index contributed by atoms with van der Waals surface area (Å²) >= 11 is 0. The van der Waals surface area contributed by atoms with Gasteiger partial charge < -0.3 is 5.11 Å². The van der Waals surface area contributed by atoms with Crippen molar-refractivity contribution in [2.45, 2.75) is 5.60 Å². The second kappa shape index (κ2) is 6.98. The molecule has 0 aliphatic carbocycles. The van der Waals surface area contributed by atoms with E-state index in [1.165, 1.54) is 0 Å². The van der Waals surface area contributed by atoms with Crippen LogP contribution in [0.5, 0.6) is 0 Å². The molecule has 0 unspecified atom stereocenters. The number of rotatable bonds is 5. The monoisotopic (exact) mass is 320 g/mol. The van der Waals surface area contributed by atoms with E-state index in [-0.39, 0.29) is 0 Å². The van der Waals surface area contributed by atoms with Gasteiger partial charge >= 0.3 is 6.16 Å². The van der Waals surface area contributed by atoms with Crippen LogP contribution >= 0.6 is 0 Å². The van der Waals surface area contributed by atoms with Crippen molar-refractivity contribution in [1.29, 1.82) is 0 Å². The first-order valence-corrected chi connectivity index (χ1v) is 7.48. The maximum atomic E-state index is 11.0. The number of benzene rings is 3. The lowest BCUT2D eigenvalue weighted by molar-refractivity contribution is -0.305. The van der Waals surface area contributed by atoms with Crippen LogP contribution in [0.1, 0.15) is 16.7 Å². The van der Waals surface area contributed by atoms with Gasteiger partial charge in [0.05, 0.1) is 0 Å². The maximum absolute atomic E-state index is 11.0. The summed E-state index contributed by atoms with van der Waals surface area (Å²) in [6.45, 7) is 0. The number of carboxylic acid groups (broad SMARTS) is 1. The van der Waals surface area contributed by atoms with Crippen LogP contribution in [0, 0.1) is 0 Å². The smallest absolute Gasteiger partial charge is 0.448 e. The van der Waals surface area contributed by atoms with Crippen molar-refractivity contribution in [2.24, 2.45) is 0 Å². The van der Waals surface area contributed by atoms with E-state index in [0.717, 1.165) is 16.7 Å². The zero-order valence-electron chi connectivity index (χ0n) is 12.8. The molecular weight excluding hydrogens is 304 g/mol. The van der Waals surface area contributed by atoms with E-state index >= 15 is 0 Å². The van der Waals surface area contributed by atoms with Crippen molar-refractivity contribution in [3.8, 4) is 0 Å². The normalized spacial score (nSPS) is 11.0. The number of hydrogen-bond acceptors (Lipinski definition) is 3. The molecule has 3 rings (SSSR count). The van der Waals surface area contributed by atoms with Crippen LogP contribution in [0.3, 0.4) is 0 Å². The Kier molecular flexibility index (Phi) is 4.59. The molecule has 0 aliphatic heterocycles. The molecule has 1 N–H and O–H groups in total. The molecule has 24 heavy (non-hydrogen) atoms. The van der Waals surface area contributed by atoms with Crippen LogP contribution < -0.4 is 0 Å². The highest BCUT2D eigenvalue weighted by Crippen LogP contribution is 2.40. The van der Waals surface area contributed by atoms with Crippen LogP contribution in [0.25, 0.3) is 0 Å². The Morgan fingerprint density at radius 2 is 1.00 bits per heavy atom. The number of carbonyl (C=O) groups is 1. The van der Waals surface area contributed by atoms with E-state index in [0.29, 0.717) is 0 Å². The minimum Gasteiger partial charge on any atom is -0.448 e. The minimum absolute atomic E-state index is 0.767. The molecule has 0 amide bonds. The van der Waals surface area contributed by atoms with Gasteiger partial charge in [0.15, 0.2) is 5.60 Å². The Labute approximate surface area is 139 Å². The first-order valence-electron chi connectivity index (χ1n) is 7.48. The molecule has 0 fully saturated rings. The standard InChI is InChI=1S/C20H16O4/c21-19(22)23-24-20(16-10-4-1-5-11-16,17-12-6-2-7-13-17)18-14-8-3-9-15-18/h1-15H,(H,21,22). The fourth-order valence-electron chi connectivity index (χ4n) is 2.76. The molecule has 0 saturated carbocycles. The predicted molar refractivity (Wildman–Crippen MR) is 89.4 cm³/mol. The summed E-state index contributed by atoms with van der Waals surface area (Å²) in [6.07, 6.45) is -1.50. The van der Waals surface area contributed by atoms with Crippen LogP contribution in [-0.4, -0.2) is 11.3 Å². The Hall–Kier alpha value is -3.11. The SMILES string of the molecule is O=C(O)OOC(c1ccccc1)(c1ccccc1)c1ccccc1. The molecule has 0 heterocycles. The molecule has 4 nitrogen and oxygen atoms in total. The highest BCUT2D eigenvalue weighted by molar-refractivity contribution is 5.56. The highest BCUT2D eigenvalue weighted by atomic mass is 17.2. The van der Waals surface area contributed by atoms with Gasteiger partial charge in [-0.15, -0.1) is 0 Å². The van der Waals surface area contributed by atoms with Gasteiger partial charge in [0, 0.05) is 0 Å². The summed E-state index contributed by atoms with van der Waals surface area (Å²) in [5, 5.41) is 8.97. The topological polar surface area (TPSA) is 55.8 Å². The lowest BCUT2D eigenvalue weighted by atomic mass is 9.80. The number of hydrogen-bond donors (Lipinski definition) is 1. The third-order valence-corrected chi connectivity index (χ3v) is 3.78. The van der Waals surface area contributed by atoms with Gasteiger partial charge in [-0.1, -0.05) is 91.0 Å². The Morgan fingerprint density at radius 3 is 1.29 bits per heavy atom. The molecule has 120 valence electrons. The summed E-state index contributed by atoms with van der Waals surface area (Å²) in [7, 11) is 0. The highest BCUT2D eigenvalue weighted by Gasteiger charge is 2.40. The Bertz CT molecular complexity index is 689. The van der Waals surface area contributed by atoms with Crippen molar-refractivity contribution >= 4 is 6.16 Å². The van der Waals surface area contributed by atoms with Crippen LogP contribution in [-0.2, 0) is 15.4 Å². The van der Waals surface area contributed by atoms with E-state index in [2.05, 4.69) is 4.89 Å². The van der Waals surface area contributed by atoms with Gasteiger partial charge in [0.2, 0.25) is 0 Å². The quantitative estimate of drug-likeness (QED) is 0.424. The zero-order valence-corrected chi connectivity index (χ0v) is 12.8. The van der Waals surface area contributed by atoms with Crippen LogP contribution in [0.15, 0.2) is 91.0 Å². The summed E-state index contributed by atoms with van der Waals surface area (Å²) in [4.78, 5) is 21.1. The van der Waals surface area contributed by atoms with E-state index < -0.39 is 11.8 Å². The average Bonchev–Trinajstić information content (AvgIpc) is 2.65. The van der Waals surface area contributed by atoms with E-state index in [1.807, 2.05) is 91.0 Å². The predicted octanol–water partition coefficient (Wildman–Crippen LogP) is 4.60. The maximum Gasteiger partial charge on any atom is 0.537 e. The van der Waals surface area contributed by atoms with Gasteiger partial charge in [0.1, 0.15) is 0 Å². The van der Waals surface area contributed by atoms with Gasteiger partial charge in [-0.25, -0.2) is 4.79 Å². The van der Waals surface area contributed by atoms with Crippen LogP contribution in [0.2, 0.25) is 0 Å². The van der Waals surface area contributed by atoms with Crippen molar-refractivity contribution in [3.05, 3.63) is 108 Å². The molecule has 3 aromatic carbocycles. The molecule has 0 bridgehead atoms. The van der Waals surface area contributed by atoms with Crippen molar-refractivity contribution < 1.29 is 19.7 Å². The molecule has 3 aromatic rings. The molecular formula is C20H16O4. The molecule has 0 aromatic heterocycles. The molecule has 0 saturated heterocycles. The molecule has 0 spiro atoms. The van der Waals surface area contributed by atoms with E-state index in [4.69, 9.17) is 9.99 Å². The van der Waals surface area contributed by atoms with Crippen molar-refractivity contribution in [1.82, 2.24) is 0 Å². The molecule has 0 radical (unpaired) electrons. The lowest BCUT2D eigenvalue weighted by Crippen LogP contribution is -2.33. The molecule has 0 atom stereocenters. The van der Waals surface area contributed by atoms with E-state index in [1.54, 1.807) is 0 Å². The van der Waals surface area contributed by atoms with Gasteiger partial charge in [-0.05, 0) is 16.7 Å². The summed E-state index contributed by atoms with van der Waals surface area (Å²) in [5.74, 6) is 0. The fourth-order valence-corrected chi connectivity index (χ4v) is 2.76. The zero-order chi connectivity index (χ0) is 16.8. The van der Waals surface area contributed by atoms with Crippen molar-refractivity contribution in [3.63, 3.8) is 0 Å². The van der Waals surface area contributed by atoms with Gasteiger partial charge in [0.25, 0.3) is 0 Å². The second-order valence-corrected chi connectivity index (χ2v) is 5.21. The van der Waals surface area contributed by atoms with Crippen LogP contribution in [0.4, 0.5) is 4.79 Å². The largest absolute Gasteiger partial charge is 0.537 e. The third-order valence-electron chi connectivity index (χ3n) is 3.78. The fraction of sp³-hybridized carbons (Fsp3) is 0.0500. The average molecular weight is 320 g/mol. The Morgan fingerprint density at radius 1 is 0.667 bits per heavy atom. The third kappa shape index (κ3) is 3.00. The summed E-state index contributed by atoms with van der Waals surface area (Å²) < 4.78 is 0. The summed E-state index contributed by atoms with van der Waals surface area (Å²) in [5.41, 5.74) is 1.11. The first-order chi connectivity index (χ1) is 11.7. The van der Waals surface area contributed by atoms with Gasteiger partial charge in [-0.2, -0.15) is 4.89 Å². The Balaban J connectivity index is 2.26. The second-order valence-electron chi connectivity index (χ2n) is 5.21. The molecule has 4 heteroatoms.